The predicted octanol–water partition coefficient (Wildman–Crippen LogP) is 2.29. The lowest BCUT2D eigenvalue weighted by molar-refractivity contribution is -0.159. The van der Waals surface area contributed by atoms with Crippen LogP contribution in [0.25, 0.3) is 0 Å². The molecule has 2 saturated heterocycles. The molecule has 3 rings (SSSR count). The molecule has 2 aliphatic rings. The fourth-order valence-corrected chi connectivity index (χ4v) is 5.33. The van der Waals surface area contributed by atoms with Gasteiger partial charge in [0.05, 0.1) is 6.26 Å². The second kappa shape index (κ2) is 8.37. The number of piperidine rings is 1. The van der Waals surface area contributed by atoms with Crippen LogP contribution in [0.5, 0.6) is 0 Å². The molecule has 8 heteroatoms. The maximum absolute atomic E-state index is 12.6. The Hall–Kier alpha value is -1.96. The molecule has 0 N–H and O–H groups in total. The van der Waals surface area contributed by atoms with Gasteiger partial charge < -0.3 is 19.0 Å². The number of carbonyl (C=O) groups is 3. The Morgan fingerprint density at radius 1 is 1.26 bits per heavy atom. The smallest absolute Gasteiger partial charge is 0.330 e. The van der Waals surface area contributed by atoms with Gasteiger partial charge in [-0.3, -0.25) is 9.59 Å². The highest BCUT2D eigenvalue weighted by atomic mass is 32.2. The molecule has 0 spiro atoms. The van der Waals surface area contributed by atoms with Crippen molar-refractivity contribution in [2.24, 2.45) is 11.8 Å². The zero-order chi connectivity index (χ0) is 19.6. The van der Waals surface area contributed by atoms with Gasteiger partial charge in [-0.25, -0.2) is 4.79 Å². The first-order chi connectivity index (χ1) is 12.9. The Balaban J connectivity index is 1.58. The Morgan fingerprint density at radius 3 is 2.56 bits per heavy atom. The quantitative estimate of drug-likeness (QED) is 0.729. The lowest BCUT2D eigenvalue weighted by Gasteiger charge is -2.35. The van der Waals surface area contributed by atoms with Crippen molar-refractivity contribution in [3.05, 3.63) is 24.2 Å². The summed E-state index contributed by atoms with van der Waals surface area (Å²) >= 11 is 1.45. The number of nitrogens with zero attached hydrogens (tertiary/aromatic N) is 2. The SMILES string of the molecule is CC(=O)N1[C@@H](c2ccco2)SC[C@H]1C(=O)OCC(=O)N1C[C@@H](C)C[C@H](C)C1. The molecular formula is C19H26N2O5S. The van der Waals surface area contributed by atoms with E-state index in [4.69, 9.17) is 9.15 Å². The van der Waals surface area contributed by atoms with E-state index in [0.29, 0.717) is 36.4 Å². The lowest BCUT2D eigenvalue weighted by Crippen LogP contribution is -2.46. The third-order valence-corrected chi connectivity index (χ3v) is 6.27. The van der Waals surface area contributed by atoms with Crippen molar-refractivity contribution < 1.29 is 23.5 Å². The van der Waals surface area contributed by atoms with Gasteiger partial charge in [-0.05, 0) is 30.4 Å². The summed E-state index contributed by atoms with van der Waals surface area (Å²) in [7, 11) is 0. The van der Waals surface area contributed by atoms with E-state index in [2.05, 4.69) is 13.8 Å². The maximum atomic E-state index is 12.6. The summed E-state index contributed by atoms with van der Waals surface area (Å²) in [6, 6.07) is 2.82. The van der Waals surface area contributed by atoms with Gasteiger partial charge in [0.2, 0.25) is 5.91 Å². The normalized spacial score (nSPS) is 28.3. The molecular weight excluding hydrogens is 368 g/mol. The number of esters is 1. The summed E-state index contributed by atoms with van der Waals surface area (Å²) in [4.78, 5) is 40.3. The van der Waals surface area contributed by atoms with E-state index >= 15 is 0 Å². The van der Waals surface area contributed by atoms with Crippen molar-refractivity contribution in [3.63, 3.8) is 0 Å². The van der Waals surface area contributed by atoms with Crippen LogP contribution in [0.4, 0.5) is 0 Å². The van der Waals surface area contributed by atoms with Gasteiger partial charge in [-0.1, -0.05) is 13.8 Å². The molecule has 0 aliphatic carbocycles. The van der Waals surface area contributed by atoms with Crippen molar-refractivity contribution in [2.45, 2.75) is 38.6 Å². The number of carbonyl (C=O) groups excluding carboxylic acids is 3. The van der Waals surface area contributed by atoms with E-state index in [-0.39, 0.29) is 23.8 Å². The Morgan fingerprint density at radius 2 is 1.96 bits per heavy atom. The van der Waals surface area contributed by atoms with Crippen molar-refractivity contribution in [3.8, 4) is 0 Å². The van der Waals surface area contributed by atoms with Crippen molar-refractivity contribution >= 4 is 29.5 Å². The van der Waals surface area contributed by atoms with E-state index in [1.165, 1.54) is 23.6 Å². The highest BCUT2D eigenvalue weighted by molar-refractivity contribution is 7.99. The molecule has 27 heavy (non-hydrogen) atoms. The Labute approximate surface area is 163 Å². The van der Waals surface area contributed by atoms with Gasteiger partial charge in [0, 0.05) is 25.8 Å². The third kappa shape index (κ3) is 4.48. The molecule has 3 heterocycles. The molecule has 0 radical (unpaired) electrons. The largest absolute Gasteiger partial charge is 0.466 e. The van der Waals surface area contributed by atoms with Crippen LogP contribution >= 0.6 is 11.8 Å². The predicted molar refractivity (Wildman–Crippen MR) is 101 cm³/mol. The molecule has 1 aromatic rings. The highest BCUT2D eigenvalue weighted by Gasteiger charge is 2.43. The second-order valence-electron chi connectivity index (χ2n) is 7.50. The van der Waals surface area contributed by atoms with Crippen LogP contribution in [0.1, 0.15) is 38.3 Å². The first-order valence-electron chi connectivity index (χ1n) is 9.25. The minimum Gasteiger partial charge on any atom is -0.466 e. The third-order valence-electron chi connectivity index (χ3n) is 4.98. The van der Waals surface area contributed by atoms with Crippen LogP contribution in [0.2, 0.25) is 0 Å². The summed E-state index contributed by atoms with van der Waals surface area (Å²) < 4.78 is 10.7. The molecule has 2 amide bonds. The van der Waals surface area contributed by atoms with Crippen molar-refractivity contribution in [1.29, 1.82) is 0 Å². The molecule has 2 fully saturated rings. The van der Waals surface area contributed by atoms with Crippen LogP contribution in [0.3, 0.4) is 0 Å². The molecule has 2 aliphatic heterocycles. The van der Waals surface area contributed by atoms with Crippen LogP contribution in [-0.4, -0.2) is 59.1 Å². The first-order valence-corrected chi connectivity index (χ1v) is 10.3. The maximum Gasteiger partial charge on any atom is 0.330 e. The molecule has 0 saturated carbocycles. The fourth-order valence-electron chi connectivity index (χ4n) is 3.91. The summed E-state index contributed by atoms with van der Waals surface area (Å²) in [5.41, 5.74) is 0. The molecule has 148 valence electrons. The molecule has 7 nitrogen and oxygen atoms in total. The van der Waals surface area contributed by atoms with Gasteiger partial charge >= 0.3 is 5.97 Å². The number of ether oxygens (including phenoxy) is 1. The minimum absolute atomic E-state index is 0.177. The number of rotatable bonds is 4. The monoisotopic (exact) mass is 394 g/mol. The highest BCUT2D eigenvalue weighted by Crippen LogP contribution is 2.41. The topological polar surface area (TPSA) is 80.1 Å². The molecule has 0 aromatic carbocycles. The number of likely N-dealkylation sites (tertiary alicyclic amines) is 1. The Bertz CT molecular complexity index is 682. The van der Waals surface area contributed by atoms with E-state index in [1.54, 1.807) is 23.3 Å². The molecule has 0 bridgehead atoms. The number of hydrogen-bond acceptors (Lipinski definition) is 6. The second-order valence-corrected chi connectivity index (χ2v) is 8.61. The Kier molecular flexibility index (Phi) is 6.14. The zero-order valence-corrected chi connectivity index (χ0v) is 16.7. The molecule has 4 atom stereocenters. The van der Waals surface area contributed by atoms with Gasteiger partial charge in [0.25, 0.3) is 5.91 Å². The average molecular weight is 394 g/mol. The lowest BCUT2D eigenvalue weighted by atomic mass is 9.92. The van der Waals surface area contributed by atoms with Crippen LogP contribution < -0.4 is 0 Å². The van der Waals surface area contributed by atoms with Gasteiger partial charge in [-0.2, -0.15) is 0 Å². The van der Waals surface area contributed by atoms with E-state index in [1.807, 2.05) is 0 Å². The number of thioether (sulfide) groups is 1. The fraction of sp³-hybridized carbons (Fsp3) is 0.632. The number of amides is 2. The standard InChI is InChI=1S/C19H26N2O5S/c1-12-7-13(2)9-20(8-12)17(23)10-26-19(24)15-11-27-18(21(15)14(3)22)16-5-4-6-25-16/h4-6,12-13,15,18H,7-11H2,1-3H3/t12-,13-,15-,18+/m0/s1. The summed E-state index contributed by atoms with van der Waals surface area (Å²) in [5.74, 6) is 0.980. The van der Waals surface area contributed by atoms with E-state index in [0.717, 1.165) is 6.42 Å². The van der Waals surface area contributed by atoms with E-state index < -0.39 is 12.0 Å². The molecule has 1 aromatic heterocycles. The molecule has 0 unspecified atom stereocenters. The van der Waals surface area contributed by atoms with E-state index in [9.17, 15) is 14.4 Å². The van der Waals surface area contributed by atoms with Crippen molar-refractivity contribution in [1.82, 2.24) is 9.80 Å². The van der Waals surface area contributed by atoms with Gasteiger partial charge in [-0.15, -0.1) is 11.8 Å². The minimum atomic E-state index is -0.713. The number of furan rings is 1. The number of hydrogen-bond donors (Lipinski definition) is 0. The summed E-state index contributed by atoms with van der Waals surface area (Å²) in [6.07, 6.45) is 2.64. The van der Waals surface area contributed by atoms with Gasteiger partial charge in [0.15, 0.2) is 6.61 Å². The van der Waals surface area contributed by atoms with Crippen LogP contribution in [0.15, 0.2) is 22.8 Å². The first kappa shape index (κ1) is 19.8. The van der Waals surface area contributed by atoms with Crippen molar-refractivity contribution in [2.75, 3.05) is 25.4 Å². The summed E-state index contributed by atoms with van der Waals surface area (Å²) in [6.45, 7) is 6.77. The van der Waals surface area contributed by atoms with Gasteiger partial charge in [0.1, 0.15) is 17.2 Å². The summed E-state index contributed by atoms with van der Waals surface area (Å²) in [5, 5.41) is -0.352. The van der Waals surface area contributed by atoms with Crippen LogP contribution in [-0.2, 0) is 19.1 Å². The average Bonchev–Trinajstić information content (AvgIpc) is 3.27. The zero-order valence-electron chi connectivity index (χ0n) is 15.9. The van der Waals surface area contributed by atoms with Crippen LogP contribution in [0, 0.1) is 11.8 Å².